The van der Waals surface area contributed by atoms with Crippen LogP contribution in [0.3, 0.4) is 0 Å². The average Bonchev–Trinajstić information content (AvgIpc) is 2.73. The molecule has 1 saturated heterocycles. The van der Waals surface area contributed by atoms with Crippen LogP contribution in [-0.4, -0.2) is 43.7 Å². The number of sulfonamides is 1. The van der Waals surface area contributed by atoms with Gasteiger partial charge in [0.25, 0.3) is 0 Å². The number of carbonyl (C=O) groups excluding carboxylic acids is 1. The fourth-order valence-corrected chi connectivity index (χ4v) is 5.38. The van der Waals surface area contributed by atoms with Crippen molar-refractivity contribution in [2.24, 2.45) is 5.92 Å². The molecule has 0 aromatic heterocycles. The Morgan fingerprint density at radius 1 is 0.966 bits per heavy atom. The van der Waals surface area contributed by atoms with Crippen molar-refractivity contribution in [1.29, 1.82) is 0 Å². The highest BCUT2D eigenvalue weighted by Crippen LogP contribution is 2.25. The summed E-state index contributed by atoms with van der Waals surface area (Å²) in [4.78, 5) is 14.2. The van der Waals surface area contributed by atoms with Crippen molar-refractivity contribution in [1.82, 2.24) is 9.21 Å². The first kappa shape index (κ1) is 21.5. The van der Waals surface area contributed by atoms with Gasteiger partial charge in [-0.2, -0.15) is 0 Å². The second-order valence-corrected chi connectivity index (χ2v) is 9.83. The van der Waals surface area contributed by atoms with Gasteiger partial charge in [-0.15, -0.1) is 0 Å². The maximum atomic E-state index is 12.7. The van der Waals surface area contributed by atoms with Crippen LogP contribution < -0.4 is 0 Å². The van der Waals surface area contributed by atoms with E-state index in [0.29, 0.717) is 32.0 Å². The molecule has 0 spiro atoms. The highest BCUT2D eigenvalue weighted by molar-refractivity contribution is 7.88. The summed E-state index contributed by atoms with van der Waals surface area (Å²) < 4.78 is 26.9. The van der Waals surface area contributed by atoms with Gasteiger partial charge in [-0.05, 0) is 36.3 Å². The van der Waals surface area contributed by atoms with Gasteiger partial charge < -0.3 is 4.90 Å². The van der Waals surface area contributed by atoms with Gasteiger partial charge >= 0.3 is 0 Å². The van der Waals surface area contributed by atoms with Crippen molar-refractivity contribution in [2.45, 2.75) is 38.0 Å². The van der Waals surface area contributed by atoms with Gasteiger partial charge in [0.05, 0.1) is 5.75 Å². The molecule has 1 heterocycles. The lowest BCUT2D eigenvalue weighted by Gasteiger charge is -2.31. The summed E-state index contributed by atoms with van der Waals surface area (Å²) in [6.07, 6.45) is 2.99. The molecule has 1 amide bonds. The number of rotatable bonds is 8. The number of nitrogens with zero attached hydrogens (tertiary/aromatic N) is 2. The normalized spacial score (nSPS) is 15.9. The fraction of sp³-hybridized carbons (Fsp3) is 0.435. The van der Waals surface area contributed by atoms with Crippen LogP contribution in [0.5, 0.6) is 0 Å². The molecule has 0 atom stereocenters. The van der Waals surface area contributed by atoms with Crippen LogP contribution in [0, 0.1) is 5.92 Å². The van der Waals surface area contributed by atoms with E-state index in [-0.39, 0.29) is 11.7 Å². The zero-order valence-electron chi connectivity index (χ0n) is 17.0. The Morgan fingerprint density at radius 3 is 2.10 bits per heavy atom. The van der Waals surface area contributed by atoms with Gasteiger partial charge in [-0.25, -0.2) is 12.7 Å². The third kappa shape index (κ3) is 6.41. The number of hydrogen-bond acceptors (Lipinski definition) is 3. The molecule has 6 heteroatoms. The standard InChI is InChI=1S/C23H30N2O3S/c1-24(18-21-8-4-2-5-9-21)23(26)13-12-20-14-16-25(17-15-20)29(27,28)19-22-10-6-3-7-11-22/h2-11,20H,12-19H2,1H3. The van der Waals surface area contributed by atoms with Crippen molar-refractivity contribution in [3.05, 3.63) is 71.8 Å². The molecule has 0 aliphatic carbocycles. The van der Waals surface area contributed by atoms with Crippen LogP contribution >= 0.6 is 0 Å². The Morgan fingerprint density at radius 2 is 1.52 bits per heavy atom. The predicted molar refractivity (Wildman–Crippen MR) is 116 cm³/mol. The molecule has 0 saturated carbocycles. The molecular weight excluding hydrogens is 384 g/mol. The first-order chi connectivity index (χ1) is 13.9. The lowest BCUT2D eigenvalue weighted by molar-refractivity contribution is -0.130. The van der Waals surface area contributed by atoms with E-state index in [1.165, 1.54) is 0 Å². The van der Waals surface area contributed by atoms with E-state index in [4.69, 9.17) is 0 Å². The summed E-state index contributed by atoms with van der Waals surface area (Å²) >= 11 is 0. The van der Waals surface area contributed by atoms with E-state index in [0.717, 1.165) is 30.4 Å². The maximum absolute atomic E-state index is 12.7. The minimum absolute atomic E-state index is 0.0568. The Hall–Kier alpha value is -2.18. The molecule has 0 bridgehead atoms. The molecule has 5 nitrogen and oxygen atoms in total. The molecule has 1 fully saturated rings. The third-order valence-electron chi connectivity index (χ3n) is 5.61. The number of amides is 1. The second kappa shape index (κ2) is 10.0. The summed E-state index contributed by atoms with van der Waals surface area (Å²) in [6.45, 7) is 1.72. The first-order valence-electron chi connectivity index (χ1n) is 10.2. The Kier molecular flexibility index (Phi) is 7.45. The van der Waals surface area contributed by atoms with Gasteiger partial charge in [0, 0.05) is 33.1 Å². The van der Waals surface area contributed by atoms with Crippen molar-refractivity contribution in [2.75, 3.05) is 20.1 Å². The number of benzene rings is 2. The average molecular weight is 415 g/mol. The molecule has 156 valence electrons. The molecule has 2 aromatic rings. The number of carbonyl (C=O) groups is 1. The van der Waals surface area contributed by atoms with Gasteiger partial charge in [0.2, 0.25) is 15.9 Å². The van der Waals surface area contributed by atoms with Crippen LogP contribution in [0.25, 0.3) is 0 Å². The van der Waals surface area contributed by atoms with E-state index >= 15 is 0 Å². The van der Waals surface area contributed by atoms with Crippen molar-refractivity contribution in [3.63, 3.8) is 0 Å². The molecule has 3 rings (SSSR count). The van der Waals surface area contributed by atoms with E-state index in [2.05, 4.69) is 0 Å². The third-order valence-corrected chi connectivity index (χ3v) is 7.46. The minimum atomic E-state index is -3.28. The van der Waals surface area contributed by atoms with Crippen LogP contribution in [0.2, 0.25) is 0 Å². The van der Waals surface area contributed by atoms with Gasteiger partial charge in [-0.1, -0.05) is 60.7 Å². The monoisotopic (exact) mass is 414 g/mol. The first-order valence-corrected chi connectivity index (χ1v) is 11.8. The van der Waals surface area contributed by atoms with Crippen molar-refractivity contribution < 1.29 is 13.2 Å². The summed E-state index contributed by atoms with van der Waals surface area (Å²) in [6, 6.07) is 19.3. The second-order valence-electron chi connectivity index (χ2n) is 7.86. The van der Waals surface area contributed by atoms with E-state index < -0.39 is 10.0 Å². The largest absolute Gasteiger partial charge is 0.341 e. The Balaban J connectivity index is 1.42. The predicted octanol–water partition coefficient (Wildman–Crippen LogP) is 3.67. The van der Waals surface area contributed by atoms with Crippen LogP contribution in [0.4, 0.5) is 0 Å². The van der Waals surface area contributed by atoms with E-state index in [1.54, 1.807) is 9.21 Å². The summed E-state index contributed by atoms with van der Waals surface area (Å²) in [5.41, 5.74) is 1.95. The summed E-state index contributed by atoms with van der Waals surface area (Å²) in [5, 5.41) is 0. The Labute approximate surface area is 174 Å². The summed E-state index contributed by atoms with van der Waals surface area (Å²) in [5.74, 6) is 0.613. The zero-order valence-corrected chi connectivity index (χ0v) is 17.9. The lowest BCUT2D eigenvalue weighted by atomic mass is 9.93. The summed E-state index contributed by atoms with van der Waals surface area (Å²) in [7, 11) is -1.44. The lowest BCUT2D eigenvalue weighted by Crippen LogP contribution is -2.39. The van der Waals surface area contributed by atoms with E-state index in [1.807, 2.05) is 67.7 Å². The molecule has 2 aromatic carbocycles. The molecule has 1 aliphatic heterocycles. The van der Waals surface area contributed by atoms with Crippen molar-refractivity contribution >= 4 is 15.9 Å². The highest BCUT2D eigenvalue weighted by Gasteiger charge is 2.28. The molecular formula is C23H30N2O3S. The van der Waals surface area contributed by atoms with Crippen LogP contribution in [0.1, 0.15) is 36.8 Å². The molecule has 1 aliphatic rings. The topological polar surface area (TPSA) is 57.7 Å². The number of hydrogen-bond donors (Lipinski definition) is 0. The fourth-order valence-electron chi connectivity index (χ4n) is 3.82. The maximum Gasteiger partial charge on any atom is 0.222 e. The van der Waals surface area contributed by atoms with Crippen LogP contribution in [0.15, 0.2) is 60.7 Å². The molecule has 0 N–H and O–H groups in total. The van der Waals surface area contributed by atoms with E-state index in [9.17, 15) is 13.2 Å². The van der Waals surface area contributed by atoms with Gasteiger partial charge in [0.15, 0.2) is 0 Å². The smallest absolute Gasteiger partial charge is 0.222 e. The molecule has 0 unspecified atom stereocenters. The van der Waals surface area contributed by atoms with Crippen molar-refractivity contribution in [3.8, 4) is 0 Å². The Bertz CT molecular complexity index is 877. The minimum Gasteiger partial charge on any atom is -0.341 e. The van der Waals surface area contributed by atoms with Gasteiger partial charge in [0.1, 0.15) is 0 Å². The zero-order chi connectivity index (χ0) is 20.7. The van der Waals surface area contributed by atoms with Gasteiger partial charge in [-0.3, -0.25) is 4.79 Å². The number of piperidine rings is 1. The quantitative estimate of drug-likeness (QED) is 0.662. The SMILES string of the molecule is CN(Cc1ccccc1)C(=O)CCC1CCN(S(=O)(=O)Cc2ccccc2)CC1. The molecule has 0 radical (unpaired) electrons. The molecule has 29 heavy (non-hydrogen) atoms. The highest BCUT2D eigenvalue weighted by atomic mass is 32.2. The van der Waals surface area contributed by atoms with Crippen LogP contribution in [-0.2, 0) is 27.1 Å².